The molecular weight excluding hydrogens is 840 g/mol. The minimum Gasteiger partial charge on any atom is -0.454 e. The highest BCUT2D eigenvalue weighted by atomic mass is 32.1. The van der Waals surface area contributed by atoms with Crippen LogP contribution in [0, 0.1) is 0 Å². The molecule has 1 aliphatic carbocycles. The summed E-state index contributed by atoms with van der Waals surface area (Å²) in [5.41, 5.74) is 17.6. The van der Waals surface area contributed by atoms with E-state index in [0.717, 1.165) is 33.3 Å². The van der Waals surface area contributed by atoms with Crippen molar-refractivity contribution in [2.45, 2.75) is 104 Å². The number of thiophene rings is 2. The van der Waals surface area contributed by atoms with Gasteiger partial charge in [-0.05, 0) is 135 Å². The van der Waals surface area contributed by atoms with Gasteiger partial charge in [0.25, 0.3) is 0 Å². The topological polar surface area (TPSA) is 19.6 Å². The molecule has 0 N–H and O–H groups in total. The number of fused-ring (bicyclic) bond motifs is 14. The first-order valence-electron chi connectivity index (χ1n) is 23.8. The number of para-hydroxylation sites is 1. The maximum atomic E-state index is 7.25. The Hall–Kier alpha value is -5.82. The number of hydrogen-bond acceptors (Lipinski definition) is 5. The van der Waals surface area contributed by atoms with Crippen LogP contribution in [0.3, 0.4) is 0 Å². The Balaban J connectivity index is 1.22. The minimum atomic E-state index is -0.122. The lowest BCUT2D eigenvalue weighted by Crippen LogP contribution is -2.60. The van der Waals surface area contributed by atoms with Crippen LogP contribution in [0.5, 0.6) is 0 Å². The number of hydrogen-bond donors (Lipinski definition) is 0. The Bertz CT molecular complexity index is 3680. The van der Waals surface area contributed by atoms with E-state index in [1.54, 1.807) is 0 Å². The van der Waals surface area contributed by atoms with E-state index in [1.807, 2.05) is 22.7 Å². The van der Waals surface area contributed by atoms with Crippen LogP contribution in [0.25, 0.3) is 63.3 Å². The summed E-state index contributed by atoms with van der Waals surface area (Å²) in [4.78, 5) is 5.33. The predicted octanol–water partition coefficient (Wildman–Crippen LogP) is 16.8. The number of benzene rings is 7. The summed E-state index contributed by atoms with van der Waals surface area (Å²) >= 11 is 3.91. The van der Waals surface area contributed by atoms with E-state index in [0.29, 0.717) is 0 Å². The molecule has 0 unspecified atom stereocenters. The van der Waals surface area contributed by atoms with Crippen molar-refractivity contribution in [3.63, 3.8) is 0 Å². The average molecular weight is 895 g/mol. The Morgan fingerprint density at radius 2 is 1.12 bits per heavy atom. The van der Waals surface area contributed by atoms with E-state index in [2.05, 4.69) is 206 Å². The molecule has 66 heavy (non-hydrogen) atoms. The fraction of sp³-hybridized carbons (Fsp3) is 0.267. The van der Waals surface area contributed by atoms with Crippen molar-refractivity contribution in [2.75, 3.05) is 9.71 Å². The Morgan fingerprint density at radius 3 is 1.80 bits per heavy atom. The monoisotopic (exact) mass is 894 g/mol. The van der Waals surface area contributed by atoms with Gasteiger partial charge in [-0.2, -0.15) is 0 Å². The van der Waals surface area contributed by atoms with Gasteiger partial charge in [0.05, 0.1) is 11.4 Å². The van der Waals surface area contributed by atoms with E-state index in [4.69, 9.17) is 4.42 Å². The van der Waals surface area contributed by atoms with E-state index in [9.17, 15) is 0 Å². The molecule has 0 spiro atoms. The van der Waals surface area contributed by atoms with Crippen molar-refractivity contribution in [3.8, 4) is 11.1 Å². The lowest BCUT2D eigenvalue weighted by molar-refractivity contribution is 0.332. The van der Waals surface area contributed by atoms with Crippen LogP contribution in [0.1, 0.15) is 104 Å². The largest absolute Gasteiger partial charge is 0.454 e. The molecule has 0 saturated carbocycles. The fourth-order valence-corrected chi connectivity index (χ4v) is 14.2. The van der Waals surface area contributed by atoms with Crippen LogP contribution in [0.15, 0.2) is 132 Å². The lowest BCUT2D eigenvalue weighted by atomic mass is 9.46. The summed E-state index contributed by atoms with van der Waals surface area (Å²) in [6.45, 7) is 23.6. The number of nitrogens with zero attached hydrogens (tertiary/aromatic N) is 2. The first-order valence-corrected chi connectivity index (χ1v) is 25.5. The Morgan fingerprint density at radius 1 is 0.530 bits per heavy atom. The highest BCUT2D eigenvalue weighted by Crippen LogP contribution is 2.56. The van der Waals surface area contributed by atoms with Crippen LogP contribution in [0.4, 0.5) is 28.4 Å². The Kier molecular flexibility index (Phi) is 8.23. The van der Waals surface area contributed by atoms with Gasteiger partial charge >= 0.3 is 6.85 Å². The van der Waals surface area contributed by atoms with E-state index < -0.39 is 0 Å². The van der Waals surface area contributed by atoms with Crippen molar-refractivity contribution in [1.29, 1.82) is 0 Å². The summed E-state index contributed by atoms with van der Waals surface area (Å²) in [5.74, 6) is 0. The fourth-order valence-electron chi connectivity index (χ4n) is 11.7. The number of furan rings is 1. The quantitative estimate of drug-likeness (QED) is 0.161. The summed E-state index contributed by atoms with van der Waals surface area (Å²) in [7, 11) is 0. The molecule has 3 aliphatic rings. The molecular formula is C60H55BN2OS2. The van der Waals surface area contributed by atoms with Gasteiger partial charge in [-0.3, -0.25) is 0 Å². The first kappa shape index (κ1) is 40.5. The molecule has 3 nitrogen and oxygen atoms in total. The second-order valence-corrected chi connectivity index (χ2v) is 25.0. The van der Waals surface area contributed by atoms with Gasteiger partial charge in [-0.1, -0.05) is 130 Å². The van der Waals surface area contributed by atoms with Crippen LogP contribution < -0.4 is 20.0 Å². The summed E-state index contributed by atoms with van der Waals surface area (Å²) in [6.07, 6.45) is 2.34. The zero-order valence-corrected chi connectivity index (χ0v) is 41.4. The second kappa shape index (κ2) is 13.4. The Labute approximate surface area is 396 Å². The molecule has 0 saturated heterocycles. The smallest absolute Gasteiger partial charge is 0.343 e. The van der Waals surface area contributed by atoms with Crippen LogP contribution in [-0.4, -0.2) is 6.85 Å². The van der Waals surface area contributed by atoms with Crippen molar-refractivity contribution in [3.05, 3.63) is 150 Å². The molecule has 10 aromatic rings. The maximum absolute atomic E-state index is 7.25. The summed E-state index contributed by atoms with van der Waals surface area (Å²) in [6, 6.07) is 49.2. The van der Waals surface area contributed by atoms with Crippen LogP contribution >= 0.6 is 22.7 Å². The average Bonchev–Trinajstić information content (AvgIpc) is 3.97. The van der Waals surface area contributed by atoms with Crippen molar-refractivity contribution >= 4 is 120 Å². The number of rotatable bonds is 2. The van der Waals surface area contributed by atoms with Gasteiger partial charge in [0.2, 0.25) is 0 Å². The van der Waals surface area contributed by atoms with Crippen molar-refractivity contribution in [2.24, 2.45) is 0 Å². The molecule has 13 rings (SSSR count). The van der Waals surface area contributed by atoms with Gasteiger partial charge in [0, 0.05) is 68.4 Å². The molecule has 3 aromatic heterocycles. The molecule has 2 aliphatic heterocycles. The minimum absolute atomic E-state index is 0.0189. The highest BCUT2D eigenvalue weighted by molar-refractivity contribution is 7.32. The molecule has 0 bridgehead atoms. The molecule has 326 valence electrons. The molecule has 6 heteroatoms. The molecule has 0 atom stereocenters. The van der Waals surface area contributed by atoms with Crippen LogP contribution in [-0.2, 0) is 21.7 Å². The zero-order chi connectivity index (χ0) is 45.4. The standard InChI is InChI=1S/C60H55BN2OS2/c1-57(2,3)34-19-23-36(24-20-34)62-53-44-31-45-46(60(9,10)28-27-59(45,7)8)32-50(44)66-56(53)61-52-42(30-43-38-15-11-13-17-48(38)64-55(43)54(52)62)40-29-41-39-16-12-14-18-49(39)65-51(41)33-47(40)63(61)37-25-21-35(22-26-37)58(4,5)6/h11-26,29-33H,27-28H2,1-10H3. The summed E-state index contributed by atoms with van der Waals surface area (Å²) in [5, 5.41) is 6.25. The van der Waals surface area contributed by atoms with Gasteiger partial charge in [-0.15, -0.1) is 22.7 Å². The van der Waals surface area contributed by atoms with E-state index >= 15 is 0 Å². The van der Waals surface area contributed by atoms with E-state index in [-0.39, 0.29) is 28.5 Å². The van der Waals surface area contributed by atoms with Gasteiger partial charge in [0.1, 0.15) is 5.58 Å². The SMILES string of the molecule is CC(C)(C)c1ccc(N2B3c4sc5cc6c(cc5c4N(c4ccc(C(C)(C)C)cc4)c4c3c(cc3c4oc4ccccc43)-c3cc4c(cc32)sc2ccccc24)C(C)(C)CCC6(C)C)cc1. The molecule has 0 radical (unpaired) electrons. The van der Waals surface area contributed by atoms with Gasteiger partial charge in [-0.25, -0.2) is 0 Å². The van der Waals surface area contributed by atoms with Crippen LogP contribution in [0.2, 0.25) is 0 Å². The highest BCUT2D eigenvalue weighted by Gasteiger charge is 2.49. The lowest BCUT2D eigenvalue weighted by Gasteiger charge is -2.45. The maximum Gasteiger partial charge on any atom is 0.343 e. The van der Waals surface area contributed by atoms with Crippen molar-refractivity contribution < 1.29 is 4.42 Å². The third-order valence-corrected chi connectivity index (χ3v) is 17.9. The second-order valence-electron chi connectivity index (χ2n) is 22.8. The third kappa shape index (κ3) is 5.67. The first-order chi connectivity index (χ1) is 31.5. The zero-order valence-electron chi connectivity index (χ0n) is 39.7. The van der Waals surface area contributed by atoms with Gasteiger partial charge < -0.3 is 14.1 Å². The normalized spacial score (nSPS) is 16.4. The van der Waals surface area contributed by atoms with E-state index in [1.165, 1.54) is 104 Å². The number of anilines is 5. The molecule has 0 amide bonds. The molecule has 0 fully saturated rings. The molecule has 7 aromatic carbocycles. The predicted molar refractivity (Wildman–Crippen MR) is 288 cm³/mol. The van der Waals surface area contributed by atoms with Crippen molar-refractivity contribution in [1.82, 2.24) is 0 Å². The summed E-state index contributed by atoms with van der Waals surface area (Å²) < 4.78 is 12.6. The third-order valence-electron chi connectivity index (χ3n) is 15.6. The molecule has 5 heterocycles. The van der Waals surface area contributed by atoms with Gasteiger partial charge in [0.15, 0.2) is 5.58 Å².